The number of aromatic nitrogens is 3. The lowest BCUT2D eigenvalue weighted by atomic mass is 9.82. The first kappa shape index (κ1) is 15.6. The monoisotopic (exact) mass is 319 g/mol. The van der Waals surface area contributed by atoms with Gasteiger partial charge in [0.15, 0.2) is 0 Å². The van der Waals surface area contributed by atoms with Crippen molar-refractivity contribution in [3.63, 3.8) is 0 Å². The number of aromatic amines is 1. The number of ether oxygens (including phenoxy) is 1. The van der Waals surface area contributed by atoms with E-state index in [0.29, 0.717) is 18.1 Å². The van der Waals surface area contributed by atoms with Crippen molar-refractivity contribution in [2.75, 3.05) is 7.11 Å². The number of carbonyl (C=O) groups is 1. The topological polar surface area (TPSA) is 86.1 Å². The number of aryl methyl sites for hydroxylation is 1. The molecule has 7 heteroatoms. The van der Waals surface area contributed by atoms with Gasteiger partial charge in [-0.05, 0) is 37.7 Å². The van der Waals surface area contributed by atoms with Gasteiger partial charge in [-0.25, -0.2) is 4.79 Å². The van der Waals surface area contributed by atoms with E-state index in [1.54, 1.807) is 22.2 Å². The molecule has 1 aliphatic rings. The van der Waals surface area contributed by atoms with Crippen molar-refractivity contribution in [1.29, 1.82) is 0 Å². The average Bonchev–Trinajstić information content (AvgIpc) is 2.79. The minimum absolute atomic E-state index is 0.0275. The van der Waals surface area contributed by atoms with Crippen LogP contribution in [-0.2, 0) is 23.1 Å². The van der Waals surface area contributed by atoms with Gasteiger partial charge in [-0.2, -0.15) is 0 Å². The van der Waals surface area contributed by atoms with Crippen LogP contribution >= 0.6 is 0 Å². The summed E-state index contributed by atoms with van der Waals surface area (Å²) >= 11 is 0. The van der Waals surface area contributed by atoms with Gasteiger partial charge in [-0.15, -0.1) is 0 Å². The number of nitrogens with one attached hydrogen (secondary N) is 1. The van der Waals surface area contributed by atoms with Crippen molar-refractivity contribution in [3.05, 3.63) is 33.0 Å². The molecule has 0 bridgehead atoms. The fraction of sp³-hybridized carbons (Fsp3) is 0.562. The first-order valence-corrected chi connectivity index (χ1v) is 7.87. The van der Waals surface area contributed by atoms with Gasteiger partial charge in [0.05, 0.1) is 18.5 Å². The number of fused-ring (bicyclic) bond motifs is 1. The first-order chi connectivity index (χ1) is 11.0. The van der Waals surface area contributed by atoms with Gasteiger partial charge in [0.2, 0.25) is 5.56 Å². The van der Waals surface area contributed by atoms with Crippen LogP contribution in [0.2, 0.25) is 0 Å². The number of carbonyl (C=O) groups excluding carboxylic acids is 1. The number of pyridine rings is 1. The summed E-state index contributed by atoms with van der Waals surface area (Å²) in [6.07, 6.45) is 3.32. The quantitative estimate of drug-likeness (QED) is 0.855. The van der Waals surface area contributed by atoms with Crippen LogP contribution in [0.4, 0.5) is 0 Å². The molecule has 2 aromatic heterocycles. The maximum Gasteiger partial charge on any atom is 0.330 e. The molecule has 2 aromatic rings. The minimum Gasteiger partial charge on any atom is -0.469 e. The van der Waals surface area contributed by atoms with Crippen LogP contribution in [0.1, 0.15) is 25.7 Å². The van der Waals surface area contributed by atoms with E-state index in [1.807, 2.05) is 0 Å². The van der Waals surface area contributed by atoms with E-state index in [0.717, 1.165) is 31.2 Å². The highest BCUT2D eigenvalue weighted by molar-refractivity contribution is 5.72. The molecule has 0 amide bonds. The van der Waals surface area contributed by atoms with Gasteiger partial charge >= 0.3 is 11.7 Å². The molecule has 124 valence electrons. The third-order valence-corrected chi connectivity index (χ3v) is 4.85. The maximum absolute atomic E-state index is 12.4. The van der Waals surface area contributed by atoms with Crippen molar-refractivity contribution in [1.82, 2.24) is 14.1 Å². The Labute approximate surface area is 132 Å². The standard InChI is InChI=1S/C16H21N3O4/c1-18-12-7-8-13(20)17-14(12)19(16(18)22)9-10-3-5-11(6-4-10)15(21)23-2/h7-8,10-11H,3-6,9H2,1-2H3,(H,17,20)/t10-,11-. The fourth-order valence-corrected chi connectivity index (χ4v) is 3.49. The molecular weight excluding hydrogens is 298 g/mol. The Morgan fingerprint density at radius 3 is 2.61 bits per heavy atom. The number of methoxy groups -OCH3 is 1. The first-order valence-electron chi connectivity index (χ1n) is 7.87. The Hall–Kier alpha value is -2.31. The molecule has 0 aliphatic heterocycles. The van der Waals surface area contributed by atoms with Gasteiger partial charge in [-0.3, -0.25) is 18.7 Å². The number of imidazole rings is 1. The van der Waals surface area contributed by atoms with E-state index >= 15 is 0 Å². The smallest absolute Gasteiger partial charge is 0.330 e. The van der Waals surface area contributed by atoms with Gasteiger partial charge in [0.1, 0.15) is 5.65 Å². The molecule has 1 aliphatic carbocycles. The third kappa shape index (κ3) is 2.83. The second-order valence-electron chi connectivity index (χ2n) is 6.25. The lowest BCUT2D eigenvalue weighted by Gasteiger charge is -2.26. The average molecular weight is 319 g/mol. The predicted octanol–water partition coefficient (Wildman–Crippen LogP) is 1.01. The number of rotatable bonds is 3. The summed E-state index contributed by atoms with van der Waals surface area (Å²) in [6, 6.07) is 3.09. The lowest BCUT2D eigenvalue weighted by Crippen LogP contribution is -2.29. The lowest BCUT2D eigenvalue weighted by molar-refractivity contribution is -0.146. The summed E-state index contributed by atoms with van der Waals surface area (Å²) in [6.45, 7) is 0.560. The Morgan fingerprint density at radius 2 is 1.96 bits per heavy atom. The molecule has 1 N–H and O–H groups in total. The molecule has 0 unspecified atom stereocenters. The number of hydrogen-bond donors (Lipinski definition) is 1. The number of esters is 1. The van der Waals surface area contributed by atoms with E-state index in [-0.39, 0.29) is 23.1 Å². The minimum atomic E-state index is -0.216. The largest absolute Gasteiger partial charge is 0.469 e. The van der Waals surface area contributed by atoms with Gasteiger partial charge < -0.3 is 9.72 Å². The fourth-order valence-electron chi connectivity index (χ4n) is 3.49. The Bertz CT molecular complexity index is 837. The second-order valence-corrected chi connectivity index (χ2v) is 6.25. The van der Waals surface area contributed by atoms with Crippen LogP contribution in [0.5, 0.6) is 0 Å². The molecule has 7 nitrogen and oxygen atoms in total. The summed E-state index contributed by atoms with van der Waals surface area (Å²) in [5.41, 5.74) is 0.945. The van der Waals surface area contributed by atoms with Crippen molar-refractivity contribution >= 4 is 17.1 Å². The number of hydrogen-bond acceptors (Lipinski definition) is 4. The Morgan fingerprint density at radius 1 is 1.26 bits per heavy atom. The van der Waals surface area contributed by atoms with Crippen LogP contribution in [0.25, 0.3) is 11.2 Å². The van der Waals surface area contributed by atoms with E-state index in [9.17, 15) is 14.4 Å². The van der Waals surface area contributed by atoms with Crippen LogP contribution in [-0.4, -0.2) is 27.2 Å². The van der Waals surface area contributed by atoms with E-state index in [4.69, 9.17) is 4.74 Å². The van der Waals surface area contributed by atoms with Crippen molar-refractivity contribution in [3.8, 4) is 0 Å². The van der Waals surface area contributed by atoms with Crippen LogP contribution in [0.15, 0.2) is 21.7 Å². The predicted molar refractivity (Wildman–Crippen MR) is 85.3 cm³/mol. The molecule has 0 saturated heterocycles. The van der Waals surface area contributed by atoms with E-state index in [1.165, 1.54) is 13.2 Å². The molecule has 0 spiro atoms. The zero-order valence-corrected chi connectivity index (χ0v) is 13.4. The molecule has 2 heterocycles. The van der Waals surface area contributed by atoms with Crippen LogP contribution in [0.3, 0.4) is 0 Å². The Balaban J connectivity index is 1.82. The Kier molecular flexibility index (Phi) is 4.11. The highest BCUT2D eigenvalue weighted by Gasteiger charge is 2.28. The van der Waals surface area contributed by atoms with E-state index < -0.39 is 0 Å². The second kappa shape index (κ2) is 6.06. The van der Waals surface area contributed by atoms with Gasteiger partial charge in [-0.1, -0.05) is 0 Å². The zero-order chi connectivity index (χ0) is 16.6. The summed E-state index contributed by atoms with van der Waals surface area (Å²) in [7, 11) is 3.12. The van der Waals surface area contributed by atoms with Gasteiger partial charge in [0.25, 0.3) is 0 Å². The summed E-state index contributed by atoms with van der Waals surface area (Å²) in [5.74, 6) is 0.151. The third-order valence-electron chi connectivity index (χ3n) is 4.85. The van der Waals surface area contributed by atoms with Crippen molar-refractivity contribution < 1.29 is 9.53 Å². The van der Waals surface area contributed by atoms with Gasteiger partial charge in [0, 0.05) is 19.7 Å². The molecule has 23 heavy (non-hydrogen) atoms. The molecule has 0 aromatic carbocycles. The molecule has 1 fully saturated rings. The summed E-state index contributed by atoms with van der Waals surface area (Å²) in [4.78, 5) is 38.3. The molecular formula is C16H21N3O4. The van der Waals surface area contributed by atoms with Crippen LogP contribution in [0, 0.1) is 11.8 Å². The summed E-state index contributed by atoms with van der Waals surface area (Å²) in [5, 5.41) is 0. The molecule has 0 radical (unpaired) electrons. The van der Waals surface area contributed by atoms with Crippen molar-refractivity contribution in [2.45, 2.75) is 32.2 Å². The normalized spacial score (nSPS) is 21.5. The SMILES string of the molecule is COC(=O)[C@H]1CC[C@H](Cn2c(=O)n(C)c3ccc(=O)[nH]c32)CC1. The number of nitrogens with zero attached hydrogens (tertiary/aromatic N) is 2. The van der Waals surface area contributed by atoms with Crippen molar-refractivity contribution in [2.24, 2.45) is 18.9 Å². The highest BCUT2D eigenvalue weighted by Crippen LogP contribution is 2.30. The molecule has 0 atom stereocenters. The van der Waals surface area contributed by atoms with E-state index in [2.05, 4.69) is 4.98 Å². The maximum atomic E-state index is 12.4. The highest BCUT2D eigenvalue weighted by atomic mass is 16.5. The summed E-state index contributed by atoms with van der Waals surface area (Å²) < 4.78 is 7.99. The zero-order valence-electron chi connectivity index (χ0n) is 13.4. The van der Waals surface area contributed by atoms with Crippen LogP contribution < -0.4 is 11.2 Å². The molecule has 3 rings (SSSR count). The molecule has 1 saturated carbocycles. The number of H-pyrrole nitrogens is 1.